The molecule has 1 N–H and O–H groups in total. The van der Waals surface area contributed by atoms with Gasteiger partial charge in [-0.25, -0.2) is 13.1 Å². The lowest BCUT2D eigenvalue weighted by atomic mass is 10.1. The van der Waals surface area contributed by atoms with E-state index in [0.29, 0.717) is 5.02 Å². The zero-order valence-corrected chi connectivity index (χ0v) is 17.6. The Morgan fingerprint density at radius 3 is 2.52 bits per heavy atom. The first-order chi connectivity index (χ1) is 14.0. The summed E-state index contributed by atoms with van der Waals surface area (Å²) in [7, 11) is -3.68. The minimum atomic E-state index is -3.68. The minimum absolute atomic E-state index is 0.161. The maximum Gasteiger partial charge on any atom is 0.240 e. The van der Waals surface area contributed by atoms with Crippen molar-refractivity contribution in [1.82, 2.24) is 9.71 Å². The molecule has 4 aromatic rings. The Balaban J connectivity index is 1.58. The van der Waals surface area contributed by atoms with Crippen LogP contribution >= 0.6 is 22.9 Å². The second-order valence-corrected chi connectivity index (χ2v) is 9.50. The molecule has 0 fully saturated rings. The van der Waals surface area contributed by atoms with Crippen molar-refractivity contribution in [3.05, 3.63) is 95.0 Å². The fourth-order valence-corrected chi connectivity index (χ4v) is 4.89. The second-order valence-electron chi connectivity index (χ2n) is 6.35. The largest absolute Gasteiger partial charge is 0.255 e. The first-order valence-electron chi connectivity index (χ1n) is 8.86. The number of thiophene rings is 1. The highest BCUT2D eigenvalue weighted by atomic mass is 35.5. The molecule has 0 saturated heterocycles. The smallest absolute Gasteiger partial charge is 0.240 e. The Morgan fingerprint density at radius 2 is 1.76 bits per heavy atom. The second kappa shape index (κ2) is 8.47. The number of halogens is 1. The van der Waals surface area contributed by atoms with E-state index in [1.54, 1.807) is 47.9 Å². The molecule has 0 spiro atoms. The maximum atomic E-state index is 12.9. The molecular formula is C22H17ClN2O2S2. The Bertz CT molecular complexity index is 1220. The predicted molar refractivity (Wildman–Crippen MR) is 118 cm³/mol. The van der Waals surface area contributed by atoms with Crippen LogP contribution in [-0.4, -0.2) is 13.4 Å². The molecule has 0 unspecified atom stereocenters. The molecule has 0 atom stereocenters. The molecule has 29 heavy (non-hydrogen) atoms. The van der Waals surface area contributed by atoms with Crippen LogP contribution in [0.3, 0.4) is 0 Å². The average molecular weight is 441 g/mol. The van der Waals surface area contributed by atoms with E-state index in [-0.39, 0.29) is 11.4 Å². The summed E-state index contributed by atoms with van der Waals surface area (Å²) < 4.78 is 28.5. The van der Waals surface area contributed by atoms with Gasteiger partial charge in [-0.15, -0.1) is 11.3 Å². The van der Waals surface area contributed by atoms with Crippen LogP contribution in [-0.2, 0) is 16.6 Å². The van der Waals surface area contributed by atoms with Crippen LogP contribution in [0.15, 0.2) is 89.3 Å². The molecule has 146 valence electrons. The van der Waals surface area contributed by atoms with Crippen molar-refractivity contribution < 1.29 is 8.42 Å². The van der Waals surface area contributed by atoms with E-state index in [4.69, 9.17) is 11.6 Å². The molecule has 2 heterocycles. The van der Waals surface area contributed by atoms with Gasteiger partial charge >= 0.3 is 0 Å². The van der Waals surface area contributed by atoms with Crippen molar-refractivity contribution in [3.63, 3.8) is 0 Å². The highest BCUT2D eigenvalue weighted by Gasteiger charge is 2.16. The van der Waals surface area contributed by atoms with Gasteiger partial charge in [0.25, 0.3) is 0 Å². The fraction of sp³-hybridized carbons (Fsp3) is 0.0455. The quantitative estimate of drug-likeness (QED) is 0.424. The molecule has 0 amide bonds. The molecule has 4 rings (SSSR count). The molecule has 0 aliphatic carbocycles. The summed E-state index contributed by atoms with van der Waals surface area (Å²) >= 11 is 7.51. The van der Waals surface area contributed by atoms with Crippen LogP contribution < -0.4 is 4.72 Å². The number of pyridine rings is 1. The molecule has 2 aromatic carbocycles. The summed E-state index contributed by atoms with van der Waals surface area (Å²) in [6, 6.07) is 21.8. The molecule has 0 radical (unpaired) electrons. The summed E-state index contributed by atoms with van der Waals surface area (Å²) in [5.41, 5.74) is 3.33. The molecule has 0 bridgehead atoms. The van der Waals surface area contributed by atoms with E-state index in [0.717, 1.165) is 27.3 Å². The number of hydrogen-bond donors (Lipinski definition) is 1. The lowest BCUT2D eigenvalue weighted by molar-refractivity contribution is 0.581. The van der Waals surface area contributed by atoms with Gasteiger partial charge < -0.3 is 0 Å². The van der Waals surface area contributed by atoms with Gasteiger partial charge in [-0.2, -0.15) is 0 Å². The van der Waals surface area contributed by atoms with Crippen molar-refractivity contribution in [2.24, 2.45) is 0 Å². The zero-order chi connectivity index (χ0) is 20.3. The minimum Gasteiger partial charge on any atom is -0.255 e. The number of benzene rings is 2. The van der Waals surface area contributed by atoms with Crippen molar-refractivity contribution in [1.29, 1.82) is 0 Å². The van der Waals surface area contributed by atoms with E-state index < -0.39 is 10.0 Å². The Kier molecular flexibility index (Phi) is 5.78. The number of sulfonamides is 1. The Morgan fingerprint density at radius 1 is 0.931 bits per heavy atom. The van der Waals surface area contributed by atoms with Crippen molar-refractivity contribution >= 4 is 33.0 Å². The third kappa shape index (κ3) is 4.57. The van der Waals surface area contributed by atoms with Gasteiger partial charge in [0, 0.05) is 17.8 Å². The standard InChI is InChI=1S/C22H17ClN2O2S2/c23-19-10-8-16(9-11-19)17-4-1-6-20(14-17)29(26,27)25-15-18-5-2-12-24-22(18)21-7-3-13-28-21/h1-14,25H,15H2. The van der Waals surface area contributed by atoms with E-state index >= 15 is 0 Å². The van der Waals surface area contributed by atoms with Crippen LogP contribution in [0.25, 0.3) is 21.7 Å². The molecule has 4 nitrogen and oxygen atoms in total. The fourth-order valence-electron chi connectivity index (χ4n) is 2.96. The van der Waals surface area contributed by atoms with Crippen molar-refractivity contribution in [2.45, 2.75) is 11.4 Å². The first-order valence-corrected chi connectivity index (χ1v) is 11.6. The number of rotatable bonds is 6. The van der Waals surface area contributed by atoms with Crippen molar-refractivity contribution in [2.75, 3.05) is 0 Å². The molecule has 0 aliphatic rings. The van der Waals surface area contributed by atoms with E-state index in [1.807, 2.05) is 47.8 Å². The molecular weight excluding hydrogens is 424 g/mol. The third-order valence-corrected chi connectivity index (χ3v) is 6.95. The van der Waals surface area contributed by atoms with E-state index in [2.05, 4.69) is 9.71 Å². The van der Waals surface area contributed by atoms with Crippen LogP contribution in [0.4, 0.5) is 0 Å². The highest BCUT2D eigenvalue weighted by molar-refractivity contribution is 7.89. The highest BCUT2D eigenvalue weighted by Crippen LogP contribution is 2.27. The average Bonchev–Trinajstić information content (AvgIpc) is 3.28. The van der Waals surface area contributed by atoms with E-state index in [9.17, 15) is 8.42 Å². The predicted octanol–water partition coefficient (Wildman–Crippen LogP) is 5.61. The van der Waals surface area contributed by atoms with Gasteiger partial charge in [-0.1, -0.05) is 48.0 Å². The van der Waals surface area contributed by atoms with Crippen LogP contribution in [0, 0.1) is 0 Å². The number of nitrogens with one attached hydrogen (secondary N) is 1. The summed E-state index contributed by atoms with van der Waals surface area (Å²) in [5, 5.41) is 2.61. The first kappa shape index (κ1) is 19.8. The molecule has 0 saturated carbocycles. The van der Waals surface area contributed by atoms with E-state index in [1.165, 1.54) is 0 Å². The maximum absolute atomic E-state index is 12.9. The number of hydrogen-bond acceptors (Lipinski definition) is 4. The topological polar surface area (TPSA) is 59.1 Å². The summed E-state index contributed by atoms with van der Waals surface area (Å²) in [6.07, 6.45) is 1.71. The molecule has 7 heteroatoms. The summed E-state index contributed by atoms with van der Waals surface area (Å²) in [5.74, 6) is 0. The van der Waals surface area contributed by atoms with Gasteiger partial charge in [0.05, 0.1) is 15.5 Å². The van der Waals surface area contributed by atoms with Gasteiger partial charge in [-0.3, -0.25) is 4.98 Å². The third-order valence-electron chi connectivity index (χ3n) is 4.42. The summed E-state index contributed by atoms with van der Waals surface area (Å²) in [4.78, 5) is 5.64. The van der Waals surface area contributed by atoms with Crippen molar-refractivity contribution in [3.8, 4) is 21.7 Å². The number of aromatic nitrogens is 1. The summed E-state index contributed by atoms with van der Waals surface area (Å²) in [6.45, 7) is 0.161. The SMILES string of the molecule is O=S(=O)(NCc1cccnc1-c1cccs1)c1cccc(-c2ccc(Cl)cc2)c1. The zero-order valence-electron chi connectivity index (χ0n) is 15.2. The monoisotopic (exact) mass is 440 g/mol. The van der Waals surface area contributed by atoms with Gasteiger partial charge in [-0.05, 0) is 58.5 Å². The van der Waals surface area contributed by atoms with Crippen LogP contribution in [0.2, 0.25) is 5.02 Å². The molecule has 2 aromatic heterocycles. The molecule has 0 aliphatic heterocycles. The van der Waals surface area contributed by atoms with Gasteiger partial charge in [0.15, 0.2) is 0 Å². The lowest BCUT2D eigenvalue weighted by Crippen LogP contribution is -2.23. The Labute approximate surface area is 178 Å². The van der Waals surface area contributed by atoms with Gasteiger partial charge in [0.2, 0.25) is 10.0 Å². The van der Waals surface area contributed by atoms with Crippen LogP contribution in [0.5, 0.6) is 0 Å². The van der Waals surface area contributed by atoms with Crippen LogP contribution in [0.1, 0.15) is 5.56 Å². The Hall–Kier alpha value is -2.51. The number of nitrogens with zero attached hydrogens (tertiary/aromatic N) is 1. The van der Waals surface area contributed by atoms with Gasteiger partial charge in [0.1, 0.15) is 0 Å². The lowest BCUT2D eigenvalue weighted by Gasteiger charge is -2.11. The normalized spacial score (nSPS) is 11.5.